The highest BCUT2D eigenvalue weighted by atomic mass is 35.5. The van der Waals surface area contributed by atoms with Gasteiger partial charge >= 0.3 is 11.8 Å². The highest BCUT2D eigenvalue weighted by molar-refractivity contribution is 6.31. The number of benzene rings is 1. The summed E-state index contributed by atoms with van der Waals surface area (Å²) in [4.78, 5) is 16.8. The number of nitrogens with zero attached hydrogens (tertiary/aromatic N) is 3. The minimum Gasteiger partial charge on any atom is -0.401 e. The average Bonchev–Trinajstić information content (AvgIpc) is 3.09. The van der Waals surface area contributed by atoms with Crippen LogP contribution in [-0.4, -0.2) is 14.8 Å². The van der Waals surface area contributed by atoms with Gasteiger partial charge in [0.2, 0.25) is 5.89 Å². The van der Waals surface area contributed by atoms with E-state index < -0.39 is 17.5 Å². The highest BCUT2D eigenvalue weighted by Gasteiger charge is 2.37. The molecule has 0 unspecified atom stereocenters. The van der Waals surface area contributed by atoms with E-state index in [2.05, 4.69) is 10.1 Å². The second kappa shape index (κ2) is 6.92. The first-order chi connectivity index (χ1) is 13.2. The Morgan fingerprint density at radius 2 is 1.89 bits per heavy atom. The van der Waals surface area contributed by atoms with Crippen molar-refractivity contribution in [3.05, 3.63) is 44.9 Å². The van der Waals surface area contributed by atoms with Crippen LogP contribution < -0.4 is 5.63 Å². The monoisotopic (exact) mass is 411 g/mol. The lowest BCUT2D eigenvalue weighted by molar-refractivity contribution is -0.141. The van der Waals surface area contributed by atoms with Gasteiger partial charge in [-0.05, 0) is 37.5 Å². The molecule has 0 N–H and O–H groups in total. The zero-order valence-corrected chi connectivity index (χ0v) is 15.8. The zero-order chi connectivity index (χ0) is 20.1. The number of fused-ring (bicyclic) bond motifs is 1. The molecular formula is C19H17ClF3N3O2. The summed E-state index contributed by atoms with van der Waals surface area (Å²) in [5.74, 6) is -0.170. The van der Waals surface area contributed by atoms with E-state index in [9.17, 15) is 18.0 Å². The van der Waals surface area contributed by atoms with Crippen molar-refractivity contribution < 1.29 is 17.6 Å². The molecule has 1 aromatic carbocycles. The van der Waals surface area contributed by atoms with E-state index in [1.807, 2.05) is 0 Å². The molecule has 3 aromatic rings. The Morgan fingerprint density at radius 3 is 2.57 bits per heavy atom. The molecule has 2 aromatic heterocycles. The van der Waals surface area contributed by atoms with Crippen LogP contribution in [-0.2, 0) is 6.18 Å². The molecule has 5 nitrogen and oxygen atoms in total. The molecule has 0 amide bonds. The Hall–Kier alpha value is -2.35. The van der Waals surface area contributed by atoms with Crippen LogP contribution in [0, 0.1) is 6.92 Å². The Morgan fingerprint density at radius 1 is 1.18 bits per heavy atom. The second-order valence-electron chi connectivity index (χ2n) is 7.07. The maximum absolute atomic E-state index is 13.3. The van der Waals surface area contributed by atoms with Crippen LogP contribution in [0.1, 0.15) is 49.4 Å². The van der Waals surface area contributed by atoms with Gasteiger partial charge in [-0.2, -0.15) is 18.3 Å². The zero-order valence-electron chi connectivity index (χ0n) is 15.0. The van der Waals surface area contributed by atoms with Gasteiger partial charge in [0, 0.05) is 11.1 Å². The number of hydrogen-bond donors (Lipinski definition) is 0. The van der Waals surface area contributed by atoms with Crippen molar-refractivity contribution in [2.45, 2.75) is 51.2 Å². The number of halogens is 4. The van der Waals surface area contributed by atoms with E-state index in [4.69, 9.17) is 16.0 Å². The Kier molecular flexibility index (Phi) is 4.69. The molecule has 28 heavy (non-hydrogen) atoms. The summed E-state index contributed by atoms with van der Waals surface area (Å²) in [5.41, 5.74) is -0.675. The fraction of sp³-hybridized carbons (Fsp3) is 0.421. The summed E-state index contributed by atoms with van der Waals surface area (Å²) < 4.78 is 46.5. The molecular weight excluding hydrogens is 395 g/mol. The molecule has 1 aliphatic carbocycles. The molecule has 0 aliphatic heterocycles. The van der Waals surface area contributed by atoms with Crippen LogP contribution in [0.25, 0.3) is 22.5 Å². The third-order valence-electron chi connectivity index (χ3n) is 5.05. The molecule has 0 bridgehead atoms. The smallest absolute Gasteiger partial charge is 0.401 e. The SMILES string of the molecule is Cc1cc(Cl)cc2c(=O)oc(-c3cc(C(F)(F)F)nn3C3CCCCC3)nc12. The Balaban J connectivity index is 1.93. The standard InChI is InChI=1S/C19H17ClF3N3O2/c1-10-7-11(20)8-13-16(10)24-17(28-18(13)27)14-9-15(19(21,22)23)25-26(14)12-5-3-2-4-6-12/h7-9,12H,2-6H2,1H3. The second-order valence-corrected chi connectivity index (χ2v) is 7.51. The molecule has 0 spiro atoms. The molecule has 1 fully saturated rings. The molecule has 2 heterocycles. The average molecular weight is 412 g/mol. The fourth-order valence-corrected chi connectivity index (χ4v) is 3.99. The van der Waals surface area contributed by atoms with E-state index >= 15 is 0 Å². The number of aromatic nitrogens is 3. The van der Waals surface area contributed by atoms with E-state index in [0.717, 1.165) is 38.2 Å². The Bertz CT molecular complexity index is 1100. The number of rotatable bonds is 2. The van der Waals surface area contributed by atoms with Gasteiger partial charge in [0.25, 0.3) is 0 Å². The first-order valence-electron chi connectivity index (χ1n) is 9.02. The third-order valence-corrected chi connectivity index (χ3v) is 5.27. The first-order valence-corrected chi connectivity index (χ1v) is 9.40. The van der Waals surface area contributed by atoms with Crippen molar-refractivity contribution in [2.75, 3.05) is 0 Å². The highest BCUT2D eigenvalue weighted by Crippen LogP contribution is 2.36. The van der Waals surface area contributed by atoms with Crippen molar-refractivity contribution >= 4 is 22.5 Å². The summed E-state index contributed by atoms with van der Waals surface area (Å²) in [6.07, 6.45) is -0.287. The van der Waals surface area contributed by atoms with Gasteiger partial charge in [0.1, 0.15) is 5.69 Å². The molecule has 4 rings (SSSR count). The van der Waals surface area contributed by atoms with E-state index in [-0.39, 0.29) is 23.0 Å². The minimum absolute atomic E-state index is 0.0626. The lowest BCUT2D eigenvalue weighted by Gasteiger charge is -2.23. The van der Waals surface area contributed by atoms with Crippen LogP contribution in [0.3, 0.4) is 0 Å². The molecule has 148 valence electrons. The van der Waals surface area contributed by atoms with Crippen LogP contribution in [0.15, 0.2) is 27.4 Å². The quantitative estimate of drug-likeness (QED) is 0.555. The molecule has 0 radical (unpaired) electrons. The van der Waals surface area contributed by atoms with Crippen LogP contribution in [0.5, 0.6) is 0 Å². The predicted octanol–water partition coefficient (Wildman–Crippen LogP) is 5.54. The van der Waals surface area contributed by atoms with Gasteiger partial charge in [-0.3, -0.25) is 4.68 Å². The van der Waals surface area contributed by atoms with Crippen molar-refractivity contribution in [2.24, 2.45) is 0 Å². The van der Waals surface area contributed by atoms with E-state index in [1.165, 1.54) is 10.7 Å². The predicted molar refractivity (Wildman–Crippen MR) is 98.4 cm³/mol. The largest absolute Gasteiger partial charge is 0.435 e. The summed E-state index contributed by atoms with van der Waals surface area (Å²) in [6, 6.07) is 3.79. The van der Waals surface area contributed by atoms with E-state index in [0.29, 0.717) is 16.1 Å². The van der Waals surface area contributed by atoms with Crippen LogP contribution >= 0.6 is 11.6 Å². The normalized spacial score (nSPS) is 16.0. The molecule has 1 aliphatic rings. The van der Waals surface area contributed by atoms with Gasteiger partial charge in [-0.25, -0.2) is 9.78 Å². The molecule has 1 saturated carbocycles. The van der Waals surface area contributed by atoms with Gasteiger partial charge in [0.15, 0.2) is 5.69 Å². The van der Waals surface area contributed by atoms with Gasteiger partial charge in [0.05, 0.1) is 16.9 Å². The lowest BCUT2D eigenvalue weighted by Crippen LogP contribution is -2.17. The van der Waals surface area contributed by atoms with E-state index in [1.54, 1.807) is 13.0 Å². The number of alkyl halides is 3. The first kappa shape index (κ1) is 19.0. The summed E-state index contributed by atoms with van der Waals surface area (Å²) in [5, 5.41) is 4.34. The van der Waals surface area contributed by atoms with Crippen molar-refractivity contribution in [3.8, 4) is 11.6 Å². The van der Waals surface area contributed by atoms with Gasteiger partial charge in [-0.15, -0.1) is 0 Å². The van der Waals surface area contributed by atoms with Crippen molar-refractivity contribution in [3.63, 3.8) is 0 Å². The topological polar surface area (TPSA) is 60.9 Å². The molecule has 0 saturated heterocycles. The number of aryl methyl sites for hydroxylation is 1. The van der Waals surface area contributed by atoms with Gasteiger partial charge in [-0.1, -0.05) is 30.9 Å². The molecule has 9 heteroatoms. The summed E-state index contributed by atoms with van der Waals surface area (Å²) in [7, 11) is 0. The lowest BCUT2D eigenvalue weighted by atomic mass is 9.95. The third kappa shape index (κ3) is 3.41. The maximum atomic E-state index is 13.3. The fourth-order valence-electron chi connectivity index (χ4n) is 3.71. The number of hydrogen-bond acceptors (Lipinski definition) is 4. The van der Waals surface area contributed by atoms with Crippen LogP contribution in [0.4, 0.5) is 13.2 Å². The van der Waals surface area contributed by atoms with Crippen molar-refractivity contribution in [1.82, 2.24) is 14.8 Å². The molecule has 0 atom stereocenters. The minimum atomic E-state index is -4.60. The summed E-state index contributed by atoms with van der Waals surface area (Å²) >= 11 is 5.99. The maximum Gasteiger partial charge on any atom is 0.435 e. The Labute approximate surface area is 163 Å². The van der Waals surface area contributed by atoms with Gasteiger partial charge < -0.3 is 4.42 Å². The van der Waals surface area contributed by atoms with Crippen LogP contribution in [0.2, 0.25) is 5.02 Å². The van der Waals surface area contributed by atoms with Crippen molar-refractivity contribution in [1.29, 1.82) is 0 Å². The summed E-state index contributed by atoms with van der Waals surface area (Å²) in [6.45, 7) is 1.73.